The number of amides is 1. The molecule has 0 saturated carbocycles. The molecule has 2 heterocycles. The summed E-state index contributed by atoms with van der Waals surface area (Å²) in [7, 11) is 0. The molecule has 0 aromatic heterocycles. The van der Waals surface area contributed by atoms with Gasteiger partial charge in [0.25, 0.3) is 0 Å². The van der Waals surface area contributed by atoms with Gasteiger partial charge in [0.15, 0.2) is 5.78 Å². The van der Waals surface area contributed by atoms with Crippen LogP contribution >= 0.6 is 11.6 Å². The number of ketones is 1. The molecule has 1 fully saturated rings. The van der Waals surface area contributed by atoms with Crippen molar-refractivity contribution in [1.29, 1.82) is 0 Å². The fraction of sp³-hybridized carbons (Fsp3) is 0.333. The molecule has 1 N–H and O–H groups in total. The van der Waals surface area contributed by atoms with Crippen molar-refractivity contribution in [1.82, 2.24) is 4.90 Å². The lowest BCUT2D eigenvalue weighted by Crippen LogP contribution is -2.52. The zero-order valence-corrected chi connectivity index (χ0v) is 24.1. The summed E-state index contributed by atoms with van der Waals surface area (Å²) in [6.45, 7) is 6.76. The number of anilines is 3. The highest BCUT2D eigenvalue weighted by molar-refractivity contribution is 6.31. The molecule has 0 bridgehead atoms. The summed E-state index contributed by atoms with van der Waals surface area (Å²) in [5.41, 5.74) is 4.88. The van der Waals surface area contributed by atoms with E-state index in [0.717, 1.165) is 34.7 Å². The summed E-state index contributed by atoms with van der Waals surface area (Å²) in [4.78, 5) is 33.9. The molecule has 1 saturated heterocycles. The number of fused-ring (bicyclic) bond motifs is 1. The van der Waals surface area contributed by atoms with E-state index in [-0.39, 0.29) is 29.5 Å². The van der Waals surface area contributed by atoms with E-state index < -0.39 is 6.04 Å². The van der Waals surface area contributed by atoms with Crippen molar-refractivity contribution in [2.24, 2.45) is 5.41 Å². The fourth-order valence-electron chi connectivity index (χ4n) is 6.36. The van der Waals surface area contributed by atoms with E-state index in [4.69, 9.17) is 11.6 Å². The zero-order valence-electron chi connectivity index (χ0n) is 23.4. The SMILES string of the molecule is CC1(C)CC(=O)C2=C(C1)Nc1ccccc1N(CC(=O)N1CCN(c3ccc(F)cc3)CC1)C2c1ccccc1Cl. The Morgan fingerprint density at radius 1 is 0.951 bits per heavy atom. The van der Waals surface area contributed by atoms with Crippen LogP contribution in [0.5, 0.6) is 0 Å². The van der Waals surface area contributed by atoms with Crippen LogP contribution in [-0.4, -0.2) is 49.3 Å². The maximum Gasteiger partial charge on any atom is 0.242 e. The van der Waals surface area contributed by atoms with E-state index >= 15 is 0 Å². The molecule has 1 unspecified atom stereocenters. The van der Waals surface area contributed by atoms with Crippen molar-refractivity contribution < 1.29 is 14.0 Å². The minimum atomic E-state index is -0.511. The number of hydrogen-bond acceptors (Lipinski definition) is 5. The van der Waals surface area contributed by atoms with Gasteiger partial charge in [0.2, 0.25) is 5.91 Å². The maximum atomic E-state index is 13.9. The third-order valence-electron chi connectivity index (χ3n) is 8.33. The van der Waals surface area contributed by atoms with Crippen LogP contribution in [0.2, 0.25) is 5.02 Å². The Labute approximate surface area is 245 Å². The number of nitrogens with zero attached hydrogens (tertiary/aromatic N) is 3. The summed E-state index contributed by atoms with van der Waals surface area (Å²) < 4.78 is 13.4. The van der Waals surface area contributed by atoms with Gasteiger partial charge in [-0.2, -0.15) is 0 Å². The smallest absolute Gasteiger partial charge is 0.242 e. The highest BCUT2D eigenvalue weighted by Crippen LogP contribution is 2.49. The van der Waals surface area contributed by atoms with Gasteiger partial charge in [-0.05, 0) is 59.9 Å². The van der Waals surface area contributed by atoms with E-state index in [0.29, 0.717) is 43.2 Å². The van der Waals surface area contributed by atoms with Crippen molar-refractivity contribution in [3.8, 4) is 0 Å². The summed E-state index contributed by atoms with van der Waals surface area (Å²) in [6, 6.07) is 21.5. The third kappa shape index (κ3) is 5.43. The number of carbonyl (C=O) groups is 2. The van der Waals surface area contributed by atoms with Gasteiger partial charge in [-0.3, -0.25) is 9.59 Å². The average Bonchev–Trinajstić information content (AvgIpc) is 3.07. The molecule has 41 heavy (non-hydrogen) atoms. The first-order valence-electron chi connectivity index (χ1n) is 14.1. The fourth-order valence-corrected chi connectivity index (χ4v) is 6.60. The topological polar surface area (TPSA) is 55.9 Å². The molecule has 3 aromatic rings. The monoisotopic (exact) mass is 572 g/mol. The number of allylic oxidation sites excluding steroid dienone is 1. The van der Waals surface area contributed by atoms with Gasteiger partial charge in [-0.15, -0.1) is 0 Å². The highest BCUT2D eigenvalue weighted by atomic mass is 35.5. The molecule has 3 aliphatic rings. The van der Waals surface area contributed by atoms with Crippen LogP contribution in [0.1, 0.15) is 38.3 Å². The van der Waals surface area contributed by atoms with Crippen LogP contribution < -0.4 is 15.1 Å². The van der Waals surface area contributed by atoms with Crippen LogP contribution in [0.15, 0.2) is 84.1 Å². The second-order valence-corrected chi connectivity index (χ2v) is 12.3. The van der Waals surface area contributed by atoms with Crippen LogP contribution in [0, 0.1) is 11.2 Å². The average molecular weight is 573 g/mol. The summed E-state index contributed by atoms with van der Waals surface area (Å²) >= 11 is 6.80. The molecule has 0 radical (unpaired) electrons. The molecule has 212 valence electrons. The van der Waals surface area contributed by atoms with Crippen molar-refractivity contribution in [2.75, 3.05) is 47.8 Å². The van der Waals surface area contributed by atoms with Crippen LogP contribution in [0.3, 0.4) is 0 Å². The third-order valence-corrected chi connectivity index (χ3v) is 8.68. The lowest BCUT2D eigenvalue weighted by atomic mass is 9.73. The molecule has 3 aromatic carbocycles. The van der Waals surface area contributed by atoms with Gasteiger partial charge in [-0.1, -0.05) is 55.8 Å². The molecule has 1 atom stereocenters. The van der Waals surface area contributed by atoms with Crippen LogP contribution in [-0.2, 0) is 9.59 Å². The number of piperazine rings is 1. The van der Waals surface area contributed by atoms with Crippen molar-refractivity contribution in [3.05, 3.63) is 100 Å². The van der Waals surface area contributed by atoms with Crippen LogP contribution in [0.25, 0.3) is 0 Å². The molecule has 2 aliphatic heterocycles. The molecular formula is C33H34ClFN4O2. The Morgan fingerprint density at radius 2 is 1.63 bits per heavy atom. The molecule has 1 amide bonds. The summed E-state index contributed by atoms with van der Waals surface area (Å²) in [5.74, 6) is -0.198. The van der Waals surface area contributed by atoms with Gasteiger partial charge < -0.3 is 20.0 Å². The Bertz CT molecular complexity index is 1510. The minimum Gasteiger partial charge on any atom is -0.368 e. The minimum absolute atomic E-state index is 0.0109. The largest absolute Gasteiger partial charge is 0.368 e. The zero-order chi connectivity index (χ0) is 28.7. The van der Waals surface area contributed by atoms with Gasteiger partial charge in [0, 0.05) is 54.6 Å². The number of benzene rings is 3. The Balaban J connectivity index is 1.35. The second kappa shape index (κ2) is 10.9. The number of nitrogens with one attached hydrogen (secondary N) is 1. The first-order chi connectivity index (χ1) is 19.7. The predicted molar refractivity (Wildman–Crippen MR) is 162 cm³/mol. The molecule has 6 nitrogen and oxygen atoms in total. The molecule has 0 spiro atoms. The quantitative estimate of drug-likeness (QED) is 0.390. The lowest BCUT2D eigenvalue weighted by Gasteiger charge is -2.40. The lowest BCUT2D eigenvalue weighted by molar-refractivity contribution is -0.130. The number of carbonyl (C=O) groups excluding carboxylic acids is 2. The Hall–Kier alpha value is -3.84. The maximum absolute atomic E-state index is 13.9. The Morgan fingerprint density at radius 3 is 2.37 bits per heavy atom. The number of Topliss-reactive ketones (excluding diaryl/α,β-unsaturated/α-hetero) is 1. The van der Waals surface area contributed by atoms with Crippen LogP contribution in [0.4, 0.5) is 21.5 Å². The van der Waals surface area contributed by atoms with Gasteiger partial charge in [-0.25, -0.2) is 4.39 Å². The van der Waals surface area contributed by atoms with Gasteiger partial charge >= 0.3 is 0 Å². The van der Waals surface area contributed by atoms with Crippen molar-refractivity contribution in [3.63, 3.8) is 0 Å². The molecule has 1 aliphatic carbocycles. The van der Waals surface area contributed by atoms with E-state index in [9.17, 15) is 14.0 Å². The standard InChI is InChI=1S/C33H34ClFN4O2/c1-33(2)19-27-31(29(40)20-33)32(24-7-3-4-8-25(24)34)39(28-10-6-5-9-26(28)36-27)21-30(41)38-17-15-37(16-18-38)23-13-11-22(35)12-14-23/h3-14,32,36H,15-21H2,1-2H3. The van der Waals surface area contributed by atoms with Crippen molar-refractivity contribution in [2.45, 2.75) is 32.7 Å². The van der Waals surface area contributed by atoms with E-state index in [1.54, 1.807) is 12.1 Å². The van der Waals surface area contributed by atoms with Gasteiger partial charge in [0.05, 0.1) is 24.0 Å². The molecular weight excluding hydrogens is 539 g/mol. The second-order valence-electron chi connectivity index (χ2n) is 11.9. The normalized spacial score (nSPS) is 20.2. The number of hydrogen-bond donors (Lipinski definition) is 1. The number of rotatable bonds is 4. The predicted octanol–water partition coefficient (Wildman–Crippen LogP) is 6.44. The summed E-state index contributed by atoms with van der Waals surface area (Å²) in [6.07, 6.45) is 1.15. The Kier molecular flexibility index (Phi) is 7.24. The van der Waals surface area contributed by atoms with Gasteiger partial charge in [0.1, 0.15) is 5.82 Å². The van der Waals surface area contributed by atoms with Crippen molar-refractivity contribution >= 4 is 40.4 Å². The molecule has 6 rings (SSSR count). The van der Waals surface area contributed by atoms with E-state index in [2.05, 4.69) is 29.0 Å². The summed E-state index contributed by atoms with van der Waals surface area (Å²) in [5, 5.41) is 4.15. The first kappa shape index (κ1) is 27.3. The van der Waals surface area contributed by atoms with E-state index in [1.165, 1.54) is 12.1 Å². The first-order valence-corrected chi connectivity index (χ1v) is 14.5. The number of halogens is 2. The molecule has 8 heteroatoms. The highest BCUT2D eigenvalue weighted by Gasteiger charge is 2.42. The number of para-hydroxylation sites is 2. The van der Waals surface area contributed by atoms with E-state index in [1.807, 2.05) is 53.4 Å².